The summed E-state index contributed by atoms with van der Waals surface area (Å²) in [5, 5.41) is 0. The summed E-state index contributed by atoms with van der Waals surface area (Å²) in [6.45, 7) is 6.61. The van der Waals surface area contributed by atoms with Crippen LogP contribution in [0.3, 0.4) is 0 Å². The Kier molecular flexibility index (Phi) is 61.7. The standard InChI is InChI=1S/C69H126O6/c1-4-7-10-13-16-19-22-24-26-28-30-32-33-34-35-36-37-38-40-41-43-45-47-50-53-56-59-62-68(71)74-65-66(64-73-67(70)61-58-55-52-49-21-18-15-12-9-6-3)75-69(72)63-60-57-54-51-48-46-44-42-39-31-29-27-25-23-20-17-14-11-8-5-2/h12,15,22,24,28,30,33-34,66H,4-11,13-14,16-21,23,25-27,29,31-32,35-65H2,1-3H3/b15-12-,24-22-,30-28-,34-33-. The first-order valence-electron chi connectivity index (χ1n) is 33.1. The zero-order valence-electron chi connectivity index (χ0n) is 50.3. The molecule has 6 heteroatoms. The van der Waals surface area contributed by atoms with Gasteiger partial charge in [-0.15, -0.1) is 0 Å². The van der Waals surface area contributed by atoms with Gasteiger partial charge in [0.25, 0.3) is 0 Å². The minimum atomic E-state index is -0.775. The Balaban J connectivity index is 4.18. The van der Waals surface area contributed by atoms with Crippen molar-refractivity contribution in [3.05, 3.63) is 48.6 Å². The van der Waals surface area contributed by atoms with Crippen LogP contribution in [0.15, 0.2) is 48.6 Å². The Morgan fingerprint density at radius 1 is 0.267 bits per heavy atom. The van der Waals surface area contributed by atoms with Gasteiger partial charge in [-0.3, -0.25) is 14.4 Å². The average molecular weight is 1050 g/mol. The lowest BCUT2D eigenvalue weighted by molar-refractivity contribution is -0.167. The molecule has 0 fully saturated rings. The van der Waals surface area contributed by atoms with Gasteiger partial charge >= 0.3 is 17.9 Å². The zero-order valence-corrected chi connectivity index (χ0v) is 50.3. The normalized spacial score (nSPS) is 12.3. The molecule has 0 aliphatic carbocycles. The Bertz CT molecular complexity index is 1300. The minimum absolute atomic E-state index is 0.0729. The lowest BCUT2D eigenvalue weighted by Crippen LogP contribution is -2.30. The second kappa shape index (κ2) is 63.9. The summed E-state index contributed by atoms with van der Waals surface area (Å²) in [5.41, 5.74) is 0. The van der Waals surface area contributed by atoms with E-state index in [9.17, 15) is 14.4 Å². The molecule has 75 heavy (non-hydrogen) atoms. The van der Waals surface area contributed by atoms with Crippen molar-refractivity contribution in [3.63, 3.8) is 0 Å². The van der Waals surface area contributed by atoms with Crippen LogP contribution < -0.4 is 0 Å². The van der Waals surface area contributed by atoms with Crippen molar-refractivity contribution < 1.29 is 28.6 Å². The highest BCUT2D eigenvalue weighted by atomic mass is 16.6. The summed E-state index contributed by atoms with van der Waals surface area (Å²) in [6.07, 6.45) is 79.9. The lowest BCUT2D eigenvalue weighted by atomic mass is 10.0. The number of hydrogen-bond acceptors (Lipinski definition) is 6. The van der Waals surface area contributed by atoms with Gasteiger partial charge in [-0.1, -0.05) is 307 Å². The molecule has 0 saturated heterocycles. The number of esters is 3. The molecular weight excluding hydrogens is 925 g/mol. The first-order chi connectivity index (χ1) is 37.0. The third kappa shape index (κ3) is 62.1. The third-order valence-electron chi connectivity index (χ3n) is 14.8. The van der Waals surface area contributed by atoms with E-state index in [0.717, 1.165) is 83.5 Å². The Hall–Kier alpha value is -2.63. The molecule has 0 aromatic rings. The predicted octanol–water partition coefficient (Wildman–Crippen LogP) is 22.6. The fourth-order valence-corrected chi connectivity index (χ4v) is 9.81. The Morgan fingerprint density at radius 3 is 0.813 bits per heavy atom. The van der Waals surface area contributed by atoms with Crippen LogP contribution in [0.25, 0.3) is 0 Å². The van der Waals surface area contributed by atoms with Crippen molar-refractivity contribution in [3.8, 4) is 0 Å². The number of hydrogen-bond donors (Lipinski definition) is 0. The van der Waals surface area contributed by atoms with Gasteiger partial charge in [0, 0.05) is 19.3 Å². The van der Waals surface area contributed by atoms with Crippen LogP contribution >= 0.6 is 0 Å². The highest BCUT2D eigenvalue weighted by Crippen LogP contribution is 2.18. The van der Waals surface area contributed by atoms with E-state index in [1.165, 1.54) is 231 Å². The first kappa shape index (κ1) is 72.4. The molecule has 438 valence electrons. The van der Waals surface area contributed by atoms with Crippen molar-refractivity contribution in [1.29, 1.82) is 0 Å². The molecule has 0 spiro atoms. The molecule has 0 aromatic carbocycles. The van der Waals surface area contributed by atoms with Gasteiger partial charge in [-0.2, -0.15) is 0 Å². The van der Waals surface area contributed by atoms with Crippen molar-refractivity contribution in [2.24, 2.45) is 0 Å². The largest absolute Gasteiger partial charge is 0.462 e. The van der Waals surface area contributed by atoms with Gasteiger partial charge in [-0.05, 0) is 77.0 Å². The molecule has 6 nitrogen and oxygen atoms in total. The molecule has 0 amide bonds. The molecule has 0 heterocycles. The molecule has 1 unspecified atom stereocenters. The minimum Gasteiger partial charge on any atom is -0.462 e. The maximum absolute atomic E-state index is 12.9. The monoisotopic (exact) mass is 1050 g/mol. The summed E-state index contributed by atoms with van der Waals surface area (Å²) in [6, 6.07) is 0. The van der Waals surface area contributed by atoms with E-state index in [2.05, 4.69) is 69.4 Å². The van der Waals surface area contributed by atoms with Crippen LogP contribution in [0.4, 0.5) is 0 Å². The van der Waals surface area contributed by atoms with Gasteiger partial charge in [0.1, 0.15) is 13.2 Å². The number of unbranched alkanes of at least 4 members (excludes halogenated alkanes) is 42. The van der Waals surface area contributed by atoms with Crippen LogP contribution in [0.2, 0.25) is 0 Å². The van der Waals surface area contributed by atoms with Crippen LogP contribution in [0, 0.1) is 0 Å². The fourth-order valence-electron chi connectivity index (χ4n) is 9.81. The van der Waals surface area contributed by atoms with Crippen molar-refractivity contribution in [1.82, 2.24) is 0 Å². The summed E-state index contributed by atoms with van der Waals surface area (Å²) >= 11 is 0. The summed E-state index contributed by atoms with van der Waals surface area (Å²) in [5.74, 6) is -0.864. The molecule has 0 bridgehead atoms. The van der Waals surface area contributed by atoms with E-state index in [0.29, 0.717) is 19.3 Å². The SMILES string of the molecule is CCC/C=C\CCCCCCCC(=O)OCC(COC(=O)CCCCCCCCCCCCCC/C=C\C/C=C\C/C=C\CCCCCCC)OC(=O)CCCCCCCCCCCCCCCCCCCCCC. The predicted molar refractivity (Wildman–Crippen MR) is 325 cm³/mol. The van der Waals surface area contributed by atoms with Gasteiger partial charge in [0.15, 0.2) is 6.10 Å². The fraction of sp³-hybridized carbons (Fsp3) is 0.841. The van der Waals surface area contributed by atoms with E-state index in [1.807, 2.05) is 0 Å². The molecule has 1 atom stereocenters. The number of carbonyl (C=O) groups excluding carboxylic acids is 3. The highest BCUT2D eigenvalue weighted by molar-refractivity contribution is 5.71. The van der Waals surface area contributed by atoms with Gasteiger partial charge < -0.3 is 14.2 Å². The molecule has 0 aromatic heterocycles. The molecule has 0 aliphatic rings. The quantitative estimate of drug-likeness (QED) is 0.0261. The van der Waals surface area contributed by atoms with Crippen molar-refractivity contribution in [2.75, 3.05) is 13.2 Å². The van der Waals surface area contributed by atoms with Crippen LogP contribution in [-0.4, -0.2) is 37.2 Å². The molecule has 0 saturated carbocycles. The van der Waals surface area contributed by atoms with E-state index < -0.39 is 6.10 Å². The molecule has 0 rings (SSSR count). The third-order valence-corrected chi connectivity index (χ3v) is 14.8. The lowest BCUT2D eigenvalue weighted by Gasteiger charge is -2.18. The van der Waals surface area contributed by atoms with Gasteiger partial charge in [-0.25, -0.2) is 0 Å². The highest BCUT2D eigenvalue weighted by Gasteiger charge is 2.19. The summed E-state index contributed by atoms with van der Waals surface area (Å²) in [4.78, 5) is 38.2. The molecule has 0 N–H and O–H groups in total. The summed E-state index contributed by atoms with van der Waals surface area (Å²) in [7, 11) is 0. The average Bonchev–Trinajstić information content (AvgIpc) is 3.41. The van der Waals surface area contributed by atoms with E-state index in [4.69, 9.17) is 14.2 Å². The molecule has 0 aliphatic heterocycles. The maximum atomic E-state index is 12.9. The van der Waals surface area contributed by atoms with E-state index in [-0.39, 0.29) is 31.1 Å². The van der Waals surface area contributed by atoms with Crippen molar-refractivity contribution >= 4 is 17.9 Å². The molecule has 0 radical (unpaired) electrons. The Morgan fingerprint density at radius 2 is 0.507 bits per heavy atom. The Labute approximate surface area is 467 Å². The zero-order chi connectivity index (χ0) is 54.3. The summed E-state index contributed by atoms with van der Waals surface area (Å²) < 4.78 is 16.9. The number of allylic oxidation sites excluding steroid dienone is 8. The van der Waals surface area contributed by atoms with Crippen molar-refractivity contribution in [2.45, 2.75) is 361 Å². The number of rotatable bonds is 61. The van der Waals surface area contributed by atoms with Gasteiger partial charge in [0.05, 0.1) is 0 Å². The maximum Gasteiger partial charge on any atom is 0.306 e. The second-order valence-electron chi connectivity index (χ2n) is 22.4. The second-order valence-corrected chi connectivity index (χ2v) is 22.4. The van der Waals surface area contributed by atoms with Crippen LogP contribution in [0.5, 0.6) is 0 Å². The van der Waals surface area contributed by atoms with Crippen LogP contribution in [0.1, 0.15) is 355 Å². The topological polar surface area (TPSA) is 78.9 Å². The first-order valence-corrected chi connectivity index (χ1v) is 33.1. The number of carbonyl (C=O) groups is 3. The van der Waals surface area contributed by atoms with E-state index in [1.54, 1.807) is 0 Å². The molecular formula is C69H126O6. The van der Waals surface area contributed by atoms with Crippen LogP contribution in [-0.2, 0) is 28.6 Å². The smallest absolute Gasteiger partial charge is 0.306 e. The van der Waals surface area contributed by atoms with Gasteiger partial charge in [0.2, 0.25) is 0 Å². The number of ether oxygens (including phenoxy) is 3. The van der Waals surface area contributed by atoms with E-state index >= 15 is 0 Å².